The van der Waals surface area contributed by atoms with Crippen LogP contribution in [0.15, 0.2) is 0 Å². The van der Waals surface area contributed by atoms with E-state index in [2.05, 4.69) is 16.0 Å². The third-order valence-corrected chi connectivity index (χ3v) is 7.39. The topological polar surface area (TPSA) is 117 Å². The molecule has 0 aromatic carbocycles. The first-order chi connectivity index (χ1) is 16.1. The molecule has 1 saturated heterocycles. The van der Waals surface area contributed by atoms with Crippen molar-refractivity contribution in [3.05, 3.63) is 0 Å². The van der Waals surface area contributed by atoms with Gasteiger partial charge in [0.2, 0.25) is 17.7 Å². The lowest BCUT2D eigenvalue weighted by Crippen LogP contribution is -2.51. The maximum absolute atomic E-state index is 13.4. The van der Waals surface area contributed by atoms with E-state index in [9.17, 15) is 28.3 Å². The summed E-state index contributed by atoms with van der Waals surface area (Å²) in [7, 11) is 0. The van der Waals surface area contributed by atoms with Crippen molar-refractivity contribution in [1.29, 1.82) is 0 Å². The summed E-state index contributed by atoms with van der Waals surface area (Å²) in [6, 6.07) is -1.40. The Morgan fingerprint density at radius 2 is 1.91 bits per heavy atom. The van der Waals surface area contributed by atoms with Gasteiger partial charge < -0.3 is 25.8 Å². The molecular formula is C24H39F2N3O5. The molecule has 0 bridgehead atoms. The van der Waals surface area contributed by atoms with E-state index in [4.69, 9.17) is 4.74 Å². The molecule has 5 atom stereocenters. The van der Waals surface area contributed by atoms with Crippen LogP contribution in [0.25, 0.3) is 0 Å². The zero-order valence-electron chi connectivity index (χ0n) is 20.2. The number of carbonyl (C=O) groups excluding carboxylic acids is 3. The molecule has 2 aliphatic carbocycles. The van der Waals surface area contributed by atoms with Gasteiger partial charge in [0.25, 0.3) is 0 Å². The minimum atomic E-state index is -2.54. The molecule has 10 heteroatoms. The lowest BCUT2D eigenvalue weighted by Gasteiger charge is -2.28. The van der Waals surface area contributed by atoms with Gasteiger partial charge in [-0.15, -0.1) is 0 Å². The van der Waals surface area contributed by atoms with Gasteiger partial charge >= 0.3 is 6.09 Å². The monoisotopic (exact) mass is 487 g/mol. The molecule has 2 saturated carbocycles. The minimum Gasteiger partial charge on any atom is -0.449 e. The molecule has 0 spiro atoms. The van der Waals surface area contributed by atoms with Gasteiger partial charge in [0.05, 0.1) is 19.3 Å². The highest BCUT2D eigenvalue weighted by atomic mass is 19.3. The van der Waals surface area contributed by atoms with E-state index in [0.29, 0.717) is 44.6 Å². The number of halogens is 2. The van der Waals surface area contributed by atoms with Crippen LogP contribution >= 0.6 is 0 Å². The van der Waals surface area contributed by atoms with Crippen molar-refractivity contribution >= 4 is 17.9 Å². The van der Waals surface area contributed by atoms with E-state index in [-0.39, 0.29) is 55.6 Å². The molecule has 3 fully saturated rings. The molecule has 1 aliphatic heterocycles. The van der Waals surface area contributed by atoms with Crippen LogP contribution in [0.1, 0.15) is 65.2 Å². The lowest BCUT2D eigenvalue weighted by molar-refractivity contribution is -0.126. The molecular weight excluding hydrogens is 448 g/mol. The van der Waals surface area contributed by atoms with Crippen molar-refractivity contribution in [3.8, 4) is 0 Å². The van der Waals surface area contributed by atoms with Crippen molar-refractivity contribution in [2.75, 3.05) is 19.8 Å². The van der Waals surface area contributed by atoms with Crippen molar-refractivity contribution in [2.45, 2.75) is 83.2 Å². The Balaban J connectivity index is 1.43. The quantitative estimate of drug-likeness (QED) is 0.358. The summed E-state index contributed by atoms with van der Waals surface area (Å²) < 4.78 is 32.1. The average Bonchev–Trinajstić information content (AvgIpc) is 3.44. The van der Waals surface area contributed by atoms with Crippen LogP contribution in [0.5, 0.6) is 0 Å². The molecule has 8 nitrogen and oxygen atoms in total. The second-order valence-corrected chi connectivity index (χ2v) is 10.7. The number of nitrogens with one attached hydrogen (secondary N) is 3. The van der Waals surface area contributed by atoms with Crippen LogP contribution in [0, 0.1) is 29.6 Å². The Morgan fingerprint density at radius 1 is 1.21 bits per heavy atom. The van der Waals surface area contributed by atoms with Crippen LogP contribution in [0.2, 0.25) is 0 Å². The maximum atomic E-state index is 13.4. The van der Waals surface area contributed by atoms with E-state index < -0.39 is 30.0 Å². The molecule has 34 heavy (non-hydrogen) atoms. The number of amides is 3. The normalized spacial score (nSPS) is 28.2. The summed E-state index contributed by atoms with van der Waals surface area (Å²) >= 11 is 0. The van der Waals surface area contributed by atoms with Gasteiger partial charge in [-0.3, -0.25) is 9.59 Å². The SMILES string of the molecule is CC(C)C[C@H](NC(=O)OC[C@H]1C[C@@H]1C1CCC(F)(F)CC1)C(=O)N[C@H](CO)C[C@@H]1CCNC1=O. The fourth-order valence-corrected chi connectivity index (χ4v) is 5.29. The summed E-state index contributed by atoms with van der Waals surface area (Å²) in [5.41, 5.74) is 0. The van der Waals surface area contributed by atoms with Crippen LogP contribution in [-0.4, -0.2) is 60.8 Å². The summed E-state index contributed by atoms with van der Waals surface area (Å²) in [6.45, 7) is 4.37. The number of hydrogen-bond acceptors (Lipinski definition) is 5. The Labute approximate surface area is 199 Å². The standard InChI is InChI=1S/C24H39F2N3O5/c1-14(2)9-20(22(32)28-18(12-30)10-16-5-8-27-21(16)31)29-23(33)34-13-17-11-19(17)15-3-6-24(25,26)7-4-15/h14-20,30H,3-13H2,1-2H3,(H,27,31)(H,28,32)(H,29,33)/t16-,17+,18-,19+,20-/m0/s1. The van der Waals surface area contributed by atoms with E-state index in [1.807, 2.05) is 13.8 Å². The number of alkyl halides is 2. The number of aliphatic hydroxyl groups is 1. The van der Waals surface area contributed by atoms with Gasteiger partial charge in [0.1, 0.15) is 6.04 Å². The van der Waals surface area contributed by atoms with E-state index >= 15 is 0 Å². The lowest BCUT2D eigenvalue weighted by atomic mass is 9.83. The highest BCUT2D eigenvalue weighted by Gasteiger charge is 2.47. The van der Waals surface area contributed by atoms with Crippen LogP contribution in [0.4, 0.5) is 13.6 Å². The smallest absolute Gasteiger partial charge is 0.407 e. The molecule has 3 aliphatic rings. The summed E-state index contributed by atoms with van der Waals surface area (Å²) in [5, 5.41) is 17.8. The maximum Gasteiger partial charge on any atom is 0.407 e. The number of alkyl carbamates (subject to hydrolysis) is 1. The van der Waals surface area contributed by atoms with Gasteiger partial charge in [0, 0.05) is 25.3 Å². The Morgan fingerprint density at radius 3 is 2.50 bits per heavy atom. The minimum absolute atomic E-state index is 0.0610. The molecule has 1 heterocycles. The van der Waals surface area contributed by atoms with Crippen LogP contribution in [0.3, 0.4) is 0 Å². The summed E-state index contributed by atoms with van der Waals surface area (Å²) in [5.74, 6) is -2.37. The van der Waals surface area contributed by atoms with Crippen LogP contribution < -0.4 is 16.0 Å². The second-order valence-electron chi connectivity index (χ2n) is 10.7. The number of rotatable bonds is 11. The molecule has 3 rings (SSSR count). The number of ether oxygens (including phenoxy) is 1. The van der Waals surface area contributed by atoms with Gasteiger partial charge in [-0.2, -0.15) is 0 Å². The molecule has 194 valence electrons. The van der Waals surface area contributed by atoms with Gasteiger partial charge in [-0.25, -0.2) is 13.6 Å². The Bertz CT molecular complexity index is 725. The van der Waals surface area contributed by atoms with Crippen molar-refractivity contribution in [1.82, 2.24) is 16.0 Å². The second kappa shape index (κ2) is 11.6. The van der Waals surface area contributed by atoms with Crippen molar-refractivity contribution < 1.29 is 33.0 Å². The predicted octanol–water partition coefficient (Wildman–Crippen LogP) is 2.59. The average molecular weight is 488 g/mol. The van der Waals surface area contributed by atoms with E-state index in [1.165, 1.54) is 0 Å². The first kappa shape index (κ1) is 26.6. The number of aliphatic hydroxyl groups excluding tert-OH is 1. The van der Waals surface area contributed by atoms with E-state index in [0.717, 1.165) is 6.42 Å². The molecule has 3 amide bonds. The third kappa shape index (κ3) is 7.78. The van der Waals surface area contributed by atoms with Gasteiger partial charge in [-0.05, 0) is 62.2 Å². The molecule has 0 radical (unpaired) electrons. The fraction of sp³-hybridized carbons (Fsp3) is 0.875. The zero-order chi connectivity index (χ0) is 24.9. The zero-order valence-corrected chi connectivity index (χ0v) is 20.2. The molecule has 0 aromatic heterocycles. The fourth-order valence-electron chi connectivity index (χ4n) is 5.29. The van der Waals surface area contributed by atoms with Crippen molar-refractivity contribution in [3.63, 3.8) is 0 Å². The first-order valence-corrected chi connectivity index (χ1v) is 12.6. The molecule has 0 unspecified atom stereocenters. The highest BCUT2D eigenvalue weighted by Crippen LogP contribution is 2.51. The third-order valence-electron chi connectivity index (χ3n) is 7.39. The Hall–Kier alpha value is -1.97. The number of carbonyl (C=O) groups is 3. The van der Waals surface area contributed by atoms with Gasteiger partial charge in [0.15, 0.2) is 0 Å². The largest absolute Gasteiger partial charge is 0.449 e. The number of hydrogen-bond donors (Lipinski definition) is 4. The summed E-state index contributed by atoms with van der Waals surface area (Å²) in [6.07, 6.45) is 2.51. The molecule has 0 aromatic rings. The van der Waals surface area contributed by atoms with E-state index in [1.54, 1.807) is 0 Å². The summed E-state index contributed by atoms with van der Waals surface area (Å²) in [4.78, 5) is 37.1. The van der Waals surface area contributed by atoms with Crippen molar-refractivity contribution in [2.24, 2.45) is 29.6 Å². The first-order valence-electron chi connectivity index (χ1n) is 12.6. The highest BCUT2D eigenvalue weighted by molar-refractivity contribution is 5.86. The van der Waals surface area contributed by atoms with Gasteiger partial charge in [-0.1, -0.05) is 13.8 Å². The Kier molecular flexibility index (Phi) is 9.12. The molecule has 4 N–H and O–H groups in total. The predicted molar refractivity (Wildman–Crippen MR) is 121 cm³/mol. The van der Waals surface area contributed by atoms with Crippen LogP contribution in [-0.2, 0) is 14.3 Å².